The van der Waals surface area contributed by atoms with Gasteiger partial charge in [-0.2, -0.15) is 0 Å². The molecule has 0 aliphatic rings. The highest BCUT2D eigenvalue weighted by Gasteiger charge is 2.10. The Balaban J connectivity index is 1.91. The van der Waals surface area contributed by atoms with E-state index >= 15 is 0 Å². The number of ketones is 1. The molecule has 0 bridgehead atoms. The van der Waals surface area contributed by atoms with Gasteiger partial charge in [0.05, 0.1) is 0 Å². The van der Waals surface area contributed by atoms with Gasteiger partial charge in [0.2, 0.25) is 0 Å². The number of thiophene rings is 1. The van der Waals surface area contributed by atoms with E-state index < -0.39 is 0 Å². The molecule has 0 fully saturated rings. The Morgan fingerprint density at radius 2 is 1.52 bits per heavy atom. The second-order valence-electron chi connectivity index (χ2n) is 4.60. The van der Waals surface area contributed by atoms with Crippen LogP contribution < -0.4 is 0 Å². The first kappa shape index (κ1) is 13.5. The van der Waals surface area contributed by atoms with Crippen LogP contribution in [0.4, 0.5) is 0 Å². The van der Waals surface area contributed by atoms with E-state index in [2.05, 4.69) is 0 Å². The Labute approximate surface area is 126 Å². The van der Waals surface area contributed by atoms with Crippen LogP contribution in [-0.4, -0.2) is 12.1 Å². The van der Waals surface area contributed by atoms with Gasteiger partial charge in [-0.05, 0) is 17.0 Å². The molecule has 1 heterocycles. The summed E-state index contributed by atoms with van der Waals surface area (Å²) in [5.41, 5.74) is 2.96. The van der Waals surface area contributed by atoms with Crippen LogP contribution in [0.5, 0.6) is 0 Å². The van der Waals surface area contributed by atoms with E-state index in [-0.39, 0.29) is 5.78 Å². The van der Waals surface area contributed by atoms with Gasteiger partial charge in [0.15, 0.2) is 12.1 Å². The molecule has 0 N–H and O–H groups in total. The van der Waals surface area contributed by atoms with E-state index in [0.717, 1.165) is 16.7 Å². The van der Waals surface area contributed by atoms with Crippen molar-refractivity contribution in [1.82, 2.24) is 0 Å². The van der Waals surface area contributed by atoms with Gasteiger partial charge in [0.1, 0.15) is 0 Å². The lowest BCUT2D eigenvalue weighted by Crippen LogP contribution is -2.00. The maximum absolute atomic E-state index is 12.3. The lowest BCUT2D eigenvalue weighted by atomic mass is 10.0. The summed E-state index contributed by atoms with van der Waals surface area (Å²) >= 11 is 1.52. The molecule has 21 heavy (non-hydrogen) atoms. The molecule has 3 rings (SSSR count). The predicted octanol–water partition coefficient (Wildman–Crippen LogP) is 4.46. The normalized spacial score (nSPS) is 10.3. The maximum Gasteiger partial charge on any atom is 0.193 e. The van der Waals surface area contributed by atoms with Crippen molar-refractivity contribution in [3.05, 3.63) is 82.7 Å². The number of benzene rings is 2. The smallest absolute Gasteiger partial charge is 0.193 e. The summed E-state index contributed by atoms with van der Waals surface area (Å²) in [5.74, 6) is 0.00365. The molecule has 0 saturated carbocycles. The summed E-state index contributed by atoms with van der Waals surface area (Å²) < 4.78 is 0. The molecule has 3 aromatic rings. The van der Waals surface area contributed by atoms with E-state index in [9.17, 15) is 9.59 Å². The second-order valence-corrected chi connectivity index (χ2v) is 5.51. The molecule has 0 amide bonds. The predicted molar refractivity (Wildman–Crippen MR) is 85.0 cm³/mol. The molecule has 0 spiro atoms. The zero-order valence-corrected chi connectivity index (χ0v) is 12.0. The minimum absolute atomic E-state index is 0.00365. The third kappa shape index (κ3) is 2.69. The highest BCUT2D eigenvalue weighted by molar-refractivity contribution is 7.14. The van der Waals surface area contributed by atoms with Gasteiger partial charge in [-0.1, -0.05) is 54.6 Å². The van der Waals surface area contributed by atoms with E-state index in [0.29, 0.717) is 16.7 Å². The fourth-order valence-electron chi connectivity index (χ4n) is 2.18. The molecule has 0 aliphatic heterocycles. The number of rotatable bonds is 4. The average molecular weight is 292 g/mol. The first-order valence-corrected chi connectivity index (χ1v) is 7.40. The van der Waals surface area contributed by atoms with E-state index in [1.54, 1.807) is 30.3 Å². The molecule has 1 aromatic heterocycles. The van der Waals surface area contributed by atoms with Gasteiger partial charge < -0.3 is 0 Å². The lowest BCUT2D eigenvalue weighted by molar-refractivity contribution is 0.103. The summed E-state index contributed by atoms with van der Waals surface area (Å²) in [6.45, 7) is 0. The van der Waals surface area contributed by atoms with Crippen LogP contribution in [0.1, 0.15) is 26.3 Å². The molecule has 3 heteroatoms. The van der Waals surface area contributed by atoms with E-state index in [1.165, 1.54) is 11.3 Å². The summed E-state index contributed by atoms with van der Waals surface area (Å²) in [6.07, 6.45) is 0.856. The summed E-state index contributed by atoms with van der Waals surface area (Å²) in [4.78, 5) is 24.2. The molecule has 102 valence electrons. The first-order chi connectivity index (χ1) is 10.3. The van der Waals surface area contributed by atoms with Gasteiger partial charge >= 0.3 is 0 Å². The van der Waals surface area contributed by atoms with E-state index in [1.807, 2.05) is 35.7 Å². The fourth-order valence-corrected chi connectivity index (χ4v) is 3.05. The molecule has 0 saturated heterocycles. The number of hydrogen-bond acceptors (Lipinski definition) is 3. The van der Waals surface area contributed by atoms with Gasteiger partial charge in [-0.25, -0.2) is 0 Å². The zero-order valence-electron chi connectivity index (χ0n) is 11.2. The van der Waals surface area contributed by atoms with E-state index in [4.69, 9.17) is 0 Å². The first-order valence-electron chi connectivity index (χ1n) is 6.52. The quantitative estimate of drug-likeness (QED) is 0.525. The number of aldehydes is 1. The Morgan fingerprint density at radius 1 is 0.857 bits per heavy atom. The number of carbonyl (C=O) groups excluding carboxylic acids is 2. The summed E-state index contributed by atoms with van der Waals surface area (Å²) in [5, 5.41) is 1.89. The van der Waals surface area contributed by atoms with Crippen LogP contribution in [-0.2, 0) is 0 Å². The highest BCUT2D eigenvalue weighted by Crippen LogP contribution is 2.29. The van der Waals surface area contributed by atoms with Crippen LogP contribution >= 0.6 is 11.3 Å². The molecule has 0 atom stereocenters. The molecule has 0 radical (unpaired) electrons. The average Bonchev–Trinajstić information content (AvgIpc) is 3.04. The Bertz CT molecular complexity index is 770. The Hall–Kier alpha value is -2.52. The SMILES string of the molecule is O=Cc1ccsc1-c1ccc(C(=O)c2ccccc2)cc1. The fraction of sp³-hybridized carbons (Fsp3) is 0. The molecular weight excluding hydrogens is 280 g/mol. The van der Waals surface area contributed by atoms with Crippen molar-refractivity contribution in [1.29, 1.82) is 0 Å². The third-order valence-electron chi connectivity index (χ3n) is 3.27. The Kier molecular flexibility index (Phi) is 3.75. The molecular formula is C18H12O2S. The topological polar surface area (TPSA) is 34.1 Å². The maximum atomic E-state index is 12.3. The number of hydrogen-bond donors (Lipinski definition) is 0. The zero-order chi connectivity index (χ0) is 14.7. The standard InChI is InChI=1S/C18H12O2S/c19-12-16-10-11-21-18(16)15-8-6-14(7-9-15)17(20)13-4-2-1-3-5-13/h1-12H. The monoisotopic (exact) mass is 292 g/mol. The van der Waals surface area contributed by atoms with Crippen molar-refractivity contribution < 1.29 is 9.59 Å². The van der Waals surface area contributed by atoms with Gasteiger partial charge in [-0.3, -0.25) is 9.59 Å². The van der Waals surface area contributed by atoms with Crippen molar-refractivity contribution in [2.24, 2.45) is 0 Å². The third-order valence-corrected chi connectivity index (χ3v) is 4.25. The molecule has 0 aliphatic carbocycles. The minimum Gasteiger partial charge on any atom is -0.298 e. The van der Waals surface area contributed by atoms with Crippen molar-refractivity contribution in [2.75, 3.05) is 0 Å². The van der Waals surface area contributed by atoms with Gasteiger partial charge in [0.25, 0.3) is 0 Å². The van der Waals surface area contributed by atoms with Crippen molar-refractivity contribution in [2.45, 2.75) is 0 Å². The van der Waals surface area contributed by atoms with Crippen LogP contribution in [0.2, 0.25) is 0 Å². The molecule has 0 unspecified atom stereocenters. The van der Waals surface area contributed by atoms with Crippen molar-refractivity contribution in [3.63, 3.8) is 0 Å². The van der Waals surface area contributed by atoms with Crippen LogP contribution in [0, 0.1) is 0 Å². The second kappa shape index (κ2) is 5.85. The lowest BCUT2D eigenvalue weighted by Gasteiger charge is -2.03. The van der Waals surface area contributed by atoms with Crippen molar-refractivity contribution in [3.8, 4) is 10.4 Å². The number of carbonyl (C=O) groups is 2. The Morgan fingerprint density at radius 3 is 2.19 bits per heavy atom. The summed E-state index contributed by atoms with van der Waals surface area (Å²) in [6, 6.07) is 18.4. The largest absolute Gasteiger partial charge is 0.298 e. The van der Waals surface area contributed by atoms with Gasteiger partial charge in [0, 0.05) is 21.6 Å². The molecule has 2 aromatic carbocycles. The van der Waals surface area contributed by atoms with Crippen LogP contribution in [0.15, 0.2) is 66.0 Å². The van der Waals surface area contributed by atoms with Crippen molar-refractivity contribution >= 4 is 23.4 Å². The van der Waals surface area contributed by atoms with Crippen LogP contribution in [0.25, 0.3) is 10.4 Å². The van der Waals surface area contributed by atoms with Crippen LogP contribution in [0.3, 0.4) is 0 Å². The van der Waals surface area contributed by atoms with Gasteiger partial charge in [-0.15, -0.1) is 11.3 Å². The summed E-state index contributed by atoms with van der Waals surface area (Å²) in [7, 11) is 0. The highest BCUT2D eigenvalue weighted by atomic mass is 32.1. The minimum atomic E-state index is 0.00365. The molecule has 2 nitrogen and oxygen atoms in total.